The molecule has 0 fully saturated rings. The largest absolute Gasteiger partial charge is 1.00 e. The van der Waals surface area contributed by atoms with E-state index in [1.807, 2.05) is 0 Å². The number of rotatable bonds is 21. The Kier molecular flexibility index (Phi) is 29.2. The van der Waals surface area contributed by atoms with Crippen molar-refractivity contribution in [3.63, 3.8) is 0 Å². The molecular weight excluding hydrogens is 452 g/mol. The second-order valence-electron chi connectivity index (χ2n) is 8.11. The Morgan fingerprint density at radius 3 is 1.41 bits per heavy atom. The summed E-state index contributed by atoms with van der Waals surface area (Å²) in [6, 6.07) is 0. The van der Waals surface area contributed by atoms with Crippen molar-refractivity contribution in [2.75, 3.05) is 6.54 Å². The van der Waals surface area contributed by atoms with Gasteiger partial charge in [-0.25, -0.2) is 0 Å². The molecule has 0 saturated heterocycles. The standard InChI is InChI=1S/C22H43NO6S.2Na/c1-2-3-4-5-6-7-8-9-10-11-12-13-14-15-16-17-18-23-21(24)19-20(22(25)26)30(27,28)29;;/h20H,2-19H2,1H3,(H,23,24)(H,25,26)(H,27,28,29);;/q;2*+1/p-2. The van der Waals surface area contributed by atoms with Crippen LogP contribution in [0.5, 0.6) is 0 Å². The number of carbonyl (C=O) groups excluding carboxylic acids is 1. The van der Waals surface area contributed by atoms with Gasteiger partial charge < -0.3 is 20.0 Å². The minimum atomic E-state index is -4.86. The number of carbonyl (C=O) groups is 1. The molecule has 0 radical (unpaired) electrons. The Hall–Kier alpha value is 0.850. The van der Waals surface area contributed by atoms with E-state index >= 15 is 0 Å². The first-order valence-corrected chi connectivity index (χ1v) is 13.2. The van der Waals surface area contributed by atoms with Gasteiger partial charge in [0.2, 0.25) is 0 Å². The van der Waals surface area contributed by atoms with E-state index in [1.165, 1.54) is 77.0 Å². The first-order chi connectivity index (χ1) is 14.3. The predicted octanol–water partition coefficient (Wildman–Crippen LogP) is -2.59. The fraction of sp³-hybridized carbons (Fsp3) is 0.909. The molecule has 0 aromatic rings. The van der Waals surface area contributed by atoms with Gasteiger partial charge in [0, 0.05) is 6.54 Å². The molecule has 1 N–H and O–H groups in total. The monoisotopic (exact) mass is 493 g/mol. The average molecular weight is 494 g/mol. The zero-order valence-electron chi connectivity index (χ0n) is 20.6. The summed E-state index contributed by atoms with van der Waals surface area (Å²) < 4.78 is 30.5. The summed E-state index contributed by atoms with van der Waals surface area (Å²) in [5.74, 6) is -2.84. The van der Waals surface area contributed by atoms with Crippen LogP contribution in [0.2, 0.25) is 0 Å². The minimum absolute atomic E-state index is 0. The van der Waals surface area contributed by atoms with E-state index in [1.54, 1.807) is 0 Å². The number of unbranched alkanes of at least 4 members (excludes halogenated alkanes) is 15. The molecule has 0 aliphatic rings. The van der Waals surface area contributed by atoms with E-state index in [9.17, 15) is 23.4 Å². The van der Waals surface area contributed by atoms with Crippen molar-refractivity contribution in [1.29, 1.82) is 0 Å². The summed E-state index contributed by atoms with van der Waals surface area (Å²) in [7, 11) is -4.86. The number of carboxylic acid groups (broad SMARTS) is 1. The van der Waals surface area contributed by atoms with E-state index in [2.05, 4.69) is 11.9 Å². The van der Waals surface area contributed by atoms with Crippen LogP contribution in [0.3, 0.4) is 0 Å². The predicted molar refractivity (Wildman–Crippen MR) is 117 cm³/mol. The van der Waals surface area contributed by atoms with Crippen LogP contribution in [0.25, 0.3) is 0 Å². The maximum absolute atomic E-state index is 11.5. The third kappa shape index (κ3) is 24.0. The second-order valence-corrected chi connectivity index (χ2v) is 9.70. The third-order valence-corrected chi connectivity index (χ3v) is 6.36. The van der Waals surface area contributed by atoms with Gasteiger partial charge in [-0.15, -0.1) is 0 Å². The van der Waals surface area contributed by atoms with Gasteiger partial charge in [-0.1, -0.05) is 103 Å². The van der Waals surface area contributed by atoms with Crippen LogP contribution < -0.4 is 69.3 Å². The maximum atomic E-state index is 11.5. The maximum Gasteiger partial charge on any atom is 1.00 e. The van der Waals surface area contributed by atoms with Gasteiger partial charge >= 0.3 is 59.1 Å². The molecule has 0 amide bonds. The number of carboxylic acids is 1. The van der Waals surface area contributed by atoms with E-state index < -0.39 is 33.7 Å². The summed E-state index contributed by atoms with van der Waals surface area (Å²) in [4.78, 5) is 14.3. The van der Waals surface area contributed by atoms with Gasteiger partial charge in [-0.05, 0) is 18.7 Å². The molecule has 10 heteroatoms. The number of aliphatic carboxylic acids is 1. The zero-order valence-corrected chi connectivity index (χ0v) is 25.5. The summed E-state index contributed by atoms with van der Waals surface area (Å²) in [6.45, 7) is 2.48. The third-order valence-electron chi connectivity index (χ3n) is 5.28. The van der Waals surface area contributed by atoms with Crippen molar-refractivity contribution in [3.8, 4) is 0 Å². The van der Waals surface area contributed by atoms with Gasteiger partial charge in [0.15, 0.2) is 0 Å². The fourth-order valence-electron chi connectivity index (χ4n) is 3.40. The fourth-order valence-corrected chi connectivity index (χ4v) is 3.99. The van der Waals surface area contributed by atoms with Crippen molar-refractivity contribution in [1.82, 2.24) is 0 Å². The smallest absolute Gasteiger partial charge is 0.862 e. The molecule has 7 nitrogen and oxygen atoms in total. The first-order valence-electron chi connectivity index (χ1n) is 11.7. The molecule has 0 aliphatic carbocycles. The van der Waals surface area contributed by atoms with Crippen molar-refractivity contribution in [3.05, 3.63) is 0 Å². The number of hydrogen-bond acceptors (Lipinski definition) is 6. The molecule has 0 bridgehead atoms. The molecule has 178 valence electrons. The number of nitrogens with zero attached hydrogens (tertiary/aromatic N) is 1. The van der Waals surface area contributed by atoms with E-state index in [0.29, 0.717) is 6.42 Å². The van der Waals surface area contributed by atoms with Crippen molar-refractivity contribution in [2.24, 2.45) is 4.99 Å². The van der Waals surface area contributed by atoms with Crippen LogP contribution in [-0.2, 0) is 14.9 Å². The minimum Gasteiger partial charge on any atom is -0.862 e. The summed E-state index contributed by atoms with van der Waals surface area (Å²) in [6.07, 6.45) is 19.0. The van der Waals surface area contributed by atoms with Gasteiger partial charge in [0.05, 0.1) is 5.97 Å². The van der Waals surface area contributed by atoms with Crippen molar-refractivity contribution in [2.45, 2.75) is 121 Å². The Bertz CT molecular complexity index is 573. The Labute approximate surface area is 240 Å². The van der Waals surface area contributed by atoms with Gasteiger partial charge in [0.1, 0.15) is 5.25 Å². The molecule has 0 heterocycles. The molecule has 0 spiro atoms. The quantitative estimate of drug-likeness (QED) is 0.0614. The molecule has 0 saturated carbocycles. The SMILES string of the molecule is CCCCCCCCCCCCCCCCCCN=C([O-])CC(C(=O)[O-])S(=O)(=O)O.[Na+].[Na+]. The van der Waals surface area contributed by atoms with Crippen LogP contribution in [0, 0.1) is 0 Å². The second kappa shape index (κ2) is 25.0. The summed E-state index contributed by atoms with van der Waals surface area (Å²) >= 11 is 0. The van der Waals surface area contributed by atoms with Crippen molar-refractivity contribution >= 4 is 22.0 Å². The topological polar surface area (TPSA) is 130 Å². The van der Waals surface area contributed by atoms with E-state index in [-0.39, 0.29) is 65.7 Å². The Morgan fingerprint density at radius 2 is 1.09 bits per heavy atom. The van der Waals surface area contributed by atoms with Crippen LogP contribution >= 0.6 is 0 Å². The van der Waals surface area contributed by atoms with Crippen LogP contribution in [0.1, 0.15) is 116 Å². The molecule has 0 aliphatic heterocycles. The Morgan fingerprint density at radius 1 is 0.750 bits per heavy atom. The molecule has 1 atom stereocenters. The van der Waals surface area contributed by atoms with Crippen LogP contribution in [0.4, 0.5) is 0 Å². The van der Waals surface area contributed by atoms with E-state index in [0.717, 1.165) is 19.3 Å². The first kappa shape index (κ1) is 37.4. The van der Waals surface area contributed by atoms with Crippen molar-refractivity contribution < 1.29 is 87.1 Å². The molecule has 0 aromatic carbocycles. The van der Waals surface area contributed by atoms with Gasteiger partial charge in [-0.3, -0.25) is 4.55 Å². The molecular formula is C22H41NNa2O6S. The van der Waals surface area contributed by atoms with E-state index in [4.69, 9.17) is 4.55 Å². The van der Waals surface area contributed by atoms with Crippen LogP contribution in [-0.4, -0.2) is 36.6 Å². The zero-order chi connectivity index (χ0) is 22.7. The summed E-state index contributed by atoms with van der Waals surface area (Å²) in [5, 5.41) is 20.0. The van der Waals surface area contributed by atoms with Gasteiger partial charge in [0.25, 0.3) is 10.1 Å². The molecule has 0 aromatic heterocycles. The molecule has 0 rings (SSSR count). The Balaban J connectivity index is -0.00000420. The molecule has 1 unspecified atom stereocenters. The number of hydrogen-bond donors (Lipinski definition) is 1. The van der Waals surface area contributed by atoms with Gasteiger partial charge in [-0.2, -0.15) is 8.42 Å². The summed E-state index contributed by atoms with van der Waals surface area (Å²) in [5.41, 5.74) is 0. The number of aliphatic imine (C=N–C) groups is 1. The normalized spacial score (nSPS) is 12.6. The van der Waals surface area contributed by atoms with Crippen LogP contribution in [0.15, 0.2) is 4.99 Å². The molecule has 32 heavy (non-hydrogen) atoms. The average Bonchev–Trinajstić information content (AvgIpc) is 2.67.